The predicted molar refractivity (Wildman–Crippen MR) is 116 cm³/mol. The molecule has 2 aromatic rings. The number of carbonyl (C=O) groups excluding carboxylic acids is 1. The van der Waals surface area contributed by atoms with Gasteiger partial charge in [-0.15, -0.1) is 0 Å². The number of carbonyl (C=O) groups is 2. The second kappa shape index (κ2) is 9.99. The van der Waals surface area contributed by atoms with Gasteiger partial charge in [0.2, 0.25) is 0 Å². The fourth-order valence-corrected chi connectivity index (χ4v) is 4.37. The highest BCUT2D eigenvalue weighted by atomic mass is 79.9. The molecular formula is C24H25BrO4. The molecule has 0 amide bonds. The maximum Gasteiger partial charge on any atom is 0.335 e. The number of hydrogen-bond donors (Lipinski definition) is 2. The summed E-state index contributed by atoms with van der Waals surface area (Å²) in [6, 6.07) is 14.7. The first kappa shape index (κ1) is 21.5. The molecule has 0 aliphatic heterocycles. The molecule has 0 saturated heterocycles. The van der Waals surface area contributed by atoms with Gasteiger partial charge in [0.15, 0.2) is 0 Å². The number of Topliss-reactive ketones (excluding diaryl/α,β-unsaturated/α-hetero) is 1. The van der Waals surface area contributed by atoms with Gasteiger partial charge in [0, 0.05) is 23.2 Å². The third kappa shape index (κ3) is 6.12. The fraction of sp³-hybridized carbons (Fsp3) is 0.333. The molecule has 152 valence electrons. The van der Waals surface area contributed by atoms with Gasteiger partial charge in [0.05, 0.1) is 11.7 Å². The van der Waals surface area contributed by atoms with E-state index in [4.69, 9.17) is 5.11 Å². The van der Waals surface area contributed by atoms with Crippen LogP contribution in [0, 0.1) is 11.8 Å². The third-order valence-electron chi connectivity index (χ3n) is 5.51. The van der Waals surface area contributed by atoms with E-state index in [1.807, 2.05) is 48.6 Å². The number of benzene rings is 2. The number of carboxylic acids is 1. The highest BCUT2D eigenvalue weighted by molar-refractivity contribution is 9.10. The Balaban J connectivity index is 1.56. The molecule has 2 N–H and O–H groups in total. The molecule has 1 fully saturated rings. The largest absolute Gasteiger partial charge is 0.478 e. The Morgan fingerprint density at radius 3 is 2.62 bits per heavy atom. The second-order valence-electron chi connectivity index (χ2n) is 7.60. The standard InChI is InChI=1S/C24H25BrO4/c25-20-3-1-2-17(14-20)15-21(26)11-9-18-10-13-23(27)22(18)12-6-16-4-7-19(8-5-16)24(28)29/h1-5,7-9,11,14,18,21-22,26H,6,10,12-13,15H2,(H,28,29)/t18-,21?,22+/m0/s1. The minimum absolute atomic E-state index is 0.0385. The maximum absolute atomic E-state index is 12.3. The molecule has 0 radical (unpaired) electrons. The summed E-state index contributed by atoms with van der Waals surface area (Å²) >= 11 is 3.44. The first-order chi connectivity index (χ1) is 13.9. The van der Waals surface area contributed by atoms with Crippen molar-refractivity contribution in [2.75, 3.05) is 0 Å². The Morgan fingerprint density at radius 1 is 1.17 bits per heavy atom. The number of aliphatic hydroxyl groups is 1. The number of aromatic carboxylic acids is 1. The number of hydrogen-bond acceptors (Lipinski definition) is 3. The molecule has 2 aromatic carbocycles. The number of rotatable bonds is 8. The van der Waals surface area contributed by atoms with E-state index in [1.54, 1.807) is 12.1 Å². The van der Waals surface area contributed by atoms with Crippen LogP contribution in [0.2, 0.25) is 0 Å². The smallest absolute Gasteiger partial charge is 0.335 e. The van der Waals surface area contributed by atoms with Gasteiger partial charge in [-0.05, 0) is 60.6 Å². The highest BCUT2D eigenvalue weighted by Gasteiger charge is 2.32. The topological polar surface area (TPSA) is 74.6 Å². The highest BCUT2D eigenvalue weighted by Crippen LogP contribution is 2.33. The van der Waals surface area contributed by atoms with Crippen molar-refractivity contribution in [2.24, 2.45) is 11.8 Å². The van der Waals surface area contributed by atoms with Crippen LogP contribution in [-0.4, -0.2) is 28.1 Å². The summed E-state index contributed by atoms with van der Waals surface area (Å²) in [5, 5.41) is 19.3. The molecule has 1 unspecified atom stereocenters. The summed E-state index contributed by atoms with van der Waals surface area (Å²) in [6.07, 6.45) is 6.66. The normalized spacial score (nSPS) is 20.3. The molecular weight excluding hydrogens is 432 g/mol. The number of halogens is 1. The lowest BCUT2D eigenvalue weighted by molar-refractivity contribution is -0.121. The van der Waals surface area contributed by atoms with Crippen molar-refractivity contribution >= 4 is 27.7 Å². The van der Waals surface area contributed by atoms with Crippen molar-refractivity contribution in [2.45, 2.75) is 38.2 Å². The summed E-state index contributed by atoms with van der Waals surface area (Å²) in [6.45, 7) is 0. The van der Waals surface area contributed by atoms with E-state index in [0.29, 0.717) is 12.8 Å². The van der Waals surface area contributed by atoms with Crippen molar-refractivity contribution in [3.63, 3.8) is 0 Å². The zero-order valence-corrected chi connectivity index (χ0v) is 17.7. The van der Waals surface area contributed by atoms with E-state index in [-0.39, 0.29) is 23.2 Å². The van der Waals surface area contributed by atoms with E-state index in [2.05, 4.69) is 15.9 Å². The van der Waals surface area contributed by atoms with E-state index < -0.39 is 12.1 Å². The van der Waals surface area contributed by atoms with Crippen LogP contribution in [0.15, 0.2) is 65.2 Å². The average molecular weight is 457 g/mol. The van der Waals surface area contributed by atoms with Gasteiger partial charge < -0.3 is 10.2 Å². The first-order valence-corrected chi connectivity index (χ1v) is 10.7. The number of aryl methyl sites for hydroxylation is 1. The summed E-state index contributed by atoms with van der Waals surface area (Å²) < 4.78 is 0.990. The zero-order chi connectivity index (χ0) is 20.8. The quantitative estimate of drug-likeness (QED) is 0.557. The molecule has 5 heteroatoms. The number of carboxylic acid groups (broad SMARTS) is 1. The summed E-state index contributed by atoms with van der Waals surface area (Å²) in [5.41, 5.74) is 2.36. The molecule has 29 heavy (non-hydrogen) atoms. The van der Waals surface area contributed by atoms with Gasteiger partial charge in [0.25, 0.3) is 0 Å². The van der Waals surface area contributed by atoms with E-state index in [0.717, 1.165) is 34.9 Å². The van der Waals surface area contributed by atoms with Gasteiger partial charge >= 0.3 is 5.97 Å². The van der Waals surface area contributed by atoms with Gasteiger partial charge in [-0.25, -0.2) is 4.79 Å². The molecule has 0 spiro atoms. The number of ketones is 1. The van der Waals surface area contributed by atoms with Crippen LogP contribution in [0.4, 0.5) is 0 Å². The molecule has 3 atom stereocenters. The fourth-order valence-electron chi connectivity index (χ4n) is 3.92. The van der Waals surface area contributed by atoms with Gasteiger partial charge in [-0.1, -0.05) is 52.3 Å². The Bertz CT molecular complexity index is 888. The van der Waals surface area contributed by atoms with Crippen LogP contribution in [0.5, 0.6) is 0 Å². The monoisotopic (exact) mass is 456 g/mol. The minimum atomic E-state index is -0.936. The lowest BCUT2D eigenvalue weighted by atomic mass is 9.88. The zero-order valence-electron chi connectivity index (χ0n) is 16.1. The van der Waals surface area contributed by atoms with Gasteiger partial charge in [-0.3, -0.25) is 4.79 Å². The second-order valence-corrected chi connectivity index (χ2v) is 8.52. The van der Waals surface area contributed by atoms with Crippen molar-refractivity contribution in [3.8, 4) is 0 Å². The lowest BCUT2D eigenvalue weighted by Gasteiger charge is -2.16. The summed E-state index contributed by atoms with van der Waals surface area (Å²) in [7, 11) is 0. The molecule has 0 aromatic heterocycles. The van der Waals surface area contributed by atoms with E-state index in [9.17, 15) is 14.7 Å². The Hall–Kier alpha value is -2.24. The molecule has 3 rings (SSSR count). The van der Waals surface area contributed by atoms with E-state index >= 15 is 0 Å². The van der Waals surface area contributed by atoms with Crippen LogP contribution in [-0.2, 0) is 17.6 Å². The van der Waals surface area contributed by atoms with Crippen molar-refractivity contribution < 1.29 is 19.8 Å². The molecule has 1 aliphatic carbocycles. The van der Waals surface area contributed by atoms with Crippen molar-refractivity contribution in [3.05, 3.63) is 81.8 Å². The Labute approximate surface area is 179 Å². The van der Waals surface area contributed by atoms with Crippen LogP contribution in [0.1, 0.15) is 40.7 Å². The van der Waals surface area contributed by atoms with Crippen LogP contribution < -0.4 is 0 Å². The molecule has 4 nitrogen and oxygen atoms in total. The van der Waals surface area contributed by atoms with Gasteiger partial charge in [0.1, 0.15) is 5.78 Å². The molecule has 1 saturated carbocycles. The minimum Gasteiger partial charge on any atom is -0.478 e. The lowest BCUT2D eigenvalue weighted by Crippen LogP contribution is -2.15. The van der Waals surface area contributed by atoms with Crippen LogP contribution >= 0.6 is 15.9 Å². The average Bonchev–Trinajstić information content (AvgIpc) is 3.04. The molecule has 0 bridgehead atoms. The van der Waals surface area contributed by atoms with Crippen molar-refractivity contribution in [1.82, 2.24) is 0 Å². The Kier molecular flexibility index (Phi) is 7.40. The summed E-state index contributed by atoms with van der Waals surface area (Å²) in [5.74, 6) is -0.543. The predicted octanol–water partition coefficient (Wildman–Crippen LogP) is 4.84. The Morgan fingerprint density at radius 2 is 1.93 bits per heavy atom. The van der Waals surface area contributed by atoms with Crippen molar-refractivity contribution in [1.29, 1.82) is 0 Å². The third-order valence-corrected chi connectivity index (χ3v) is 6.01. The van der Waals surface area contributed by atoms with Gasteiger partial charge in [-0.2, -0.15) is 0 Å². The van der Waals surface area contributed by atoms with Crippen LogP contribution in [0.3, 0.4) is 0 Å². The van der Waals surface area contributed by atoms with Crippen LogP contribution in [0.25, 0.3) is 0 Å². The van der Waals surface area contributed by atoms with E-state index in [1.165, 1.54) is 0 Å². The SMILES string of the molecule is O=C(O)c1ccc(CC[C@H]2C(=O)CC[C@@H]2C=CC(O)Cc2cccc(Br)c2)cc1. The summed E-state index contributed by atoms with van der Waals surface area (Å²) in [4.78, 5) is 23.3. The molecule has 1 aliphatic rings. The number of allylic oxidation sites excluding steroid dienone is 1. The maximum atomic E-state index is 12.3. The number of aliphatic hydroxyl groups excluding tert-OH is 1. The molecule has 0 heterocycles. The first-order valence-electron chi connectivity index (χ1n) is 9.88.